The van der Waals surface area contributed by atoms with Gasteiger partial charge in [0, 0.05) is 25.9 Å². The number of nitrogens with one attached hydrogen (secondary N) is 1. The maximum atomic E-state index is 11.7. The first kappa shape index (κ1) is 12.7. The number of nitrogens with two attached hydrogens (primary N) is 1. The summed E-state index contributed by atoms with van der Waals surface area (Å²) < 4.78 is 0. The lowest BCUT2D eigenvalue weighted by Crippen LogP contribution is -2.27. The lowest BCUT2D eigenvalue weighted by Gasteiger charge is -2.16. The van der Waals surface area contributed by atoms with E-state index < -0.39 is 0 Å². The highest BCUT2D eigenvalue weighted by Gasteiger charge is 2.11. The molecule has 1 unspecified atom stereocenters. The van der Waals surface area contributed by atoms with Gasteiger partial charge < -0.3 is 15.6 Å². The van der Waals surface area contributed by atoms with E-state index in [4.69, 9.17) is 5.73 Å². The number of hydrogen-bond acceptors (Lipinski definition) is 3. The molecule has 5 heteroatoms. The Morgan fingerprint density at radius 1 is 1.69 bits per heavy atom. The van der Waals surface area contributed by atoms with E-state index in [2.05, 4.69) is 16.9 Å². The molecule has 0 spiro atoms. The van der Waals surface area contributed by atoms with Gasteiger partial charge in [0.15, 0.2) is 0 Å². The van der Waals surface area contributed by atoms with Crippen molar-refractivity contribution in [2.75, 3.05) is 13.6 Å². The fraction of sp³-hybridized carbons (Fsp3) is 0.636. The van der Waals surface area contributed by atoms with Gasteiger partial charge in [0.1, 0.15) is 5.82 Å². The number of amides is 1. The van der Waals surface area contributed by atoms with Gasteiger partial charge in [-0.05, 0) is 18.9 Å². The minimum Gasteiger partial charge on any atom is -0.347 e. The maximum absolute atomic E-state index is 11.7. The number of aromatic amines is 1. The van der Waals surface area contributed by atoms with Crippen LogP contribution in [0, 0.1) is 5.92 Å². The molecule has 0 fully saturated rings. The monoisotopic (exact) mass is 224 g/mol. The second kappa shape index (κ2) is 6.27. The maximum Gasteiger partial charge on any atom is 0.222 e. The van der Waals surface area contributed by atoms with Crippen molar-refractivity contribution >= 4 is 5.91 Å². The summed E-state index contributed by atoms with van der Waals surface area (Å²) in [6, 6.07) is 0. The van der Waals surface area contributed by atoms with E-state index in [1.54, 1.807) is 24.3 Å². The molecule has 5 nitrogen and oxygen atoms in total. The van der Waals surface area contributed by atoms with Crippen LogP contribution in [0.25, 0.3) is 0 Å². The van der Waals surface area contributed by atoms with Crippen LogP contribution in [-0.4, -0.2) is 34.4 Å². The third-order valence-corrected chi connectivity index (χ3v) is 2.62. The molecule has 90 valence electrons. The third kappa shape index (κ3) is 4.02. The Hall–Kier alpha value is -1.36. The number of hydrogen-bond donors (Lipinski definition) is 2. The van der Waals surface area contributed by atoms with Gasteiger partial charge in [0.25, 0.3) is 0 Å². The first-order chi connectivity index (χ1) is 7.63. The van der Waals surface area contributed by atoms with Crippen LogP contribution in [0.4, 0.5) is 0 Å². The zero-order chi connectivity index (χ0) is 12.0. The standard InChI is InChI=1S/C11H20N4O/c1-9(7-12)3-4-11(16)15(2)8-10-13-5-6-14-10/h5-6,9H,3-4,7-8,12H2,1-2H3,(H,13,14). The molecule has 0 saturated carbocycles. The van der Waals surface area contributed by atoms with Gasteiger partial charge in [0.05, 0.1) is 6.54 Å². The summed E-state index contributed by atoms with van der Waals surface area (Å²) in [5, 5.41) is 0. The lowest BCUT2D eigenvalue weighted by atomic mass is 10.1. The van der Waals surface area contributed by atoms with Gasteiger partial charge >= 0.3 is 0 Å². The number of carbonyl (C=O) groups excluding carboxylic acids is 1. The average Bonchev–Trinajstić information content (AvgIpc) is 2.77. The lowest BCUT2D eigenvalue weighted by molar-refractivity contribution is -0.130. The van der Waals surface area contributed by atoms with E-state index in [0.29, 0.717) is 25.4 Å². The number of aromatic nitrogens is 2. The van der Waals surface area contributed by atoms with Crippen LogP contribution < -0.4 is 5.73 Å². The van der Waals surface area contributed by atoms with E-state index in [1.165, 1.54) is 0 Å². The van der Waals surface area contributed by atoms with Crippen LogP contribution in [0.1, 0.15) is 25.6 Å². The van der Waals surface area contributed by atoms with Crippen LogP contribution in [0.15, 0.2) is 12.4 Å². The molecule has 0 aromatic carbocycles. The highest BCUT2D eigenvalue weighted by atomic mass is 16.2. The Morgan fingerprint density at radius 3 is 3.00 bits per heavy atom. The zero-order valence-corrected chi connectivity index (χ0v) is 9.94. The summed E-state index contributed by atoms with van der Waals surface area (Å²) >= 11 is 0. The van der Waals surface area contributed by atoms with Crippen molar-refractivity contribution in [3.63, 3.8) is 0 Å². The molecule has 0 aliphatic rings. The second-order valence-corrected chi connectivity index (χ2v) is 4.17. The Balaban J connectivity index is 2.31. The molecule has 0 saturated heterocycles. The van der Waals surface area contributed by atoms with E-state index >= 15 is 0 Å². The second-order valence-electron chi connectivity index (χ2n) is 4.17. The molecular weight excluding hydrogens is 204 g/mol. The minimum atomic E-state index is 0.136. The number of imidazole rings is 1. The number of rotatable bonds is 6. The van der Waals surface area contributed by atoms with Gasteiger partial charge in [0.2, 0.25) is 5.91 Å². The SMILES string of the molecule is CC(CN)CCC(=O)N(C)Cc1ncc[nH]1. The molecule has 1 heterocycles. The molecule has 1 atom stereocenters. The fourth-order valence-corrected chi connectivity index (χ4v) is 1.38. The molecule has 16 heavy (non-hydrogen) atoms. The van der Waals surface area contributed by atoms with E-state index in [9.17, 15) is 4.79 Å². The smallest absolute Gasteiger partial charge is 0.222 e. The average molecular weight is 224 g/mol. The van der Waals surface area contributed by atoms with E-state index in [1.807, 2.05) is 0 Å². The van der Waals surface area contributed by atoms with Gasteiger partial charge in [-0.3, -0.25) is 4.79 Å². The first-order valence-electron chi connectivity index (χ1n) is 5.55. The van der Waals surface area contributed by atoms with Crippen LogP contribution in [0.3, 0.4) is 0 Å². The molecule has 0 aliphatic carbocycles. The molecular formula is C11H20N4O. The topological polar surface area (TPSA) is 75.0 Å². The Kier molecular flexibility index (Phi) is 4.98. The number of H-pyrrole nitrogens is 1. The fourth-order valence-electron chi connectivity index (χ4n) is 1.38. The quantitative estimate of drug-likeness (QED) is 0.748. The third-order valence-electron chi connectivity index (χ3n) is 2.62. The van der Waals surface area contributed by atoms with Crippen molar-refractivity contribution < 1.29 is 4.79 Å². The van der Waals surface area contributed by atoms with Crippen LogP contribution in [-0.2, 0) is 11.3 Å². The Labute approximate surface area is 96.0 Å². The minimum absolute atomic E-state index is 0.136. The zero-order valence-electron chi connectivity index (χ0n) is 9.94. The van der Waals surface area contributed by atoms with Crippen molar-refractivity contribution in [1.29, 1.82) is 0 Å². The Bertz CT molecular complexity index is 310. The van der Waals surface area contributed by atoms with E-state index in [0.717, 1.165) is 12.2 Å². The summed E-state index contributed by atoms with van der Waals surface area (Å²) in [4.78, 5) is 20.5. The van der Waals surface area contributed by atoms with Crippen LogP contribution >= 0.6 is 0 Å². The molecule has 1 aromatic rings. The van der Waals surface area contributed by atoms with Gasteiger partial charge in [-0.25, -0.2) is 4.98 Å². The predicted molar refractivity (Wildman–Crippen MR) is 62.5 cm³/mol. The summed E-state index contributed by atoms with van der Waals surface area (Å²) in [5.41, 5.74) is 5.50. The normalized spacial score (nSPS) is 12.4. The van der Waals surface area contributed by atoms with Crippen molar-refractivity contribution in [2.45, 2.75) is 26.3 Å². The highest BCUT2D eigenvalue weighted by molar-refractivity contribution is 5.75. The summed E-state index contributed by atoms with van der Waals surface area (Å²) in [6.07, 6.45) is 4.84. The first-order valence-corrected chi connectivity index (χ1v) is 5.55. The van der Waals surface area contributed by atoms with Gasteiger partial charge in [-0.1, -0.05) is 6.92 Å². The number of nitrogens with zero attached hydrogens (tertiary/aromatic N) is 2. The van der Waals surface area contributed by atoms with Gasteiger partial charge in [-0.15, -0.1) is 0 Å². The largest absolute Gasteiger partial charge is 0.347 e. The highest BCUT2D eigenvalue weighted by Crippen LogP contribution is 2.06. The molecule has 1 aromatic heterocycles. The molecule has 0 bridgehead atoms. The molecule has 1 rings (SSSR count). The molecule has 3 N–H and O–H groups in total. The van der Waals surface area contributed by atoms with Crippen molar-refractivity contribution in [1.82, 2.24) is 14.9 Å². The van der Waals surface area contributed by atoms with Crippen molar-refractivity contribution in [2.24, 2.45) is 11.7 Å². The van der Waals surface area contributed by atoms with Crippen LogP contribution in [0.2, 0.25) is 0 Å². The Morgan fingerprint density at radius 2 is 2.44 bits per heavy atom. The molecule has 0 radical (unpaired) electrons. The molecule has 0 aliphatic heterocycles. The molecule has 1 amide bonds. The van der Waals surface area contributed by atoms with Crippen molar-refractivity contribution in [3.05, 3.63) is 18.2 Å². The summed E-state index contributed by atoms with van der Waals surface area (Å²) in [6.45, 7) is 3.22. The summed E-state index contributed by atoms with van der Waals surface area (Å²) in [5.74, 6) is 1.35. The van der Waals surface area contributed by atoms with Crippen LogP contribution in [0.5, 0.6) is 0 Å². The summed E-state index contributed by atoms with van der Waals surface area (Å²) in [7, 11) is 1.79. The predicted octanol–water partition coefficient (Wildman–Crippen LogP) is 0.743. The van der Waals surface area contributed by atoms with Gasteiger partial charge in [-0.2, -0.15) is 0 Å². The van der Waals surface area contributed by atoms with E-state index in [-0.39, 0.29) is 5.91 Å². The number of carbonyl (C=O) groups is 1. The van der Waals surface area contributed by atoms with Crippen molar-refractivity contribution in [3.8, 4) is 0 Å².